The maximum Gasteiger partial charge on any atom is 0.259 e. The van der Waals surface area contributed by atoms with Gasteiger partial charge in [-0.05, 0) is 44.0 Å². The molecule has 1 aromatic heterocycles. The quantitative estimate of drug-likeness (QED) is 0.776. The third-order valence-electron chi connectivity index (χ3n) is 5.14. The van der Waals surface area contributed by atoms with E-state index < -0.39 is 0 Å². The molecule has 1 aliphatic rings. The highest BCUT2D eigenvalue weighted by molar-refractivity contribution is 5.96. The number of benzene rings is 1. The summed E-state index contributed by atoms with van der Waals surface area (Å²) in [6.45, 7) is 10.0. The summed E-state index contributed by atoms with van der Waals surface area (Å²) < 4.78 is 18.3. The normalized spacial score (nSPS) is 15.5. The number of amides is 1. The average molecular weight is 373 g/mol. The molecule has 2 heterocycles. The van der Waals surface area contributed by atoms with Crippen molar-refractivity contribution in [1.82, 2.24) is 15.0 Å². The van der Waals surface area contributed by atoms with Crippen LogP contribution in [0.25, 0.3) is 0 Å². The number of carbonyl (C=O) groups excluding carboxylic acids is 1. The molecule has 5 nitrogen and oxygen atoms in total. The van der Waals surface area contributed by atoms with Crippen LogP contribution in [-0.2, 0) is 6.42 Å². The lowest BCUT2D eigenvalue weighted by atomic mass is 10.0. The van der Waals surface area contributed by atoms with Gasteiger partial charge >= 0.3 is 0 Å². The van der Waals surface area contributed by atoms with Crippen molar-refractivity contribution >= 4 is 5.91 Å². The van der Waals surface area contributed by atoms with Crippen molar-refractivity contribution in [2.45, 2.75) is 39.5 Å². The summed E-state index contributed by atoms with van der Waals surface area (Å²) >= 11 is 0. The summed E-state index contributed by atoms with van der Waals surface area (Å²) in [6, 6.07) is 6.72. The molecule has 0 N–H and O–H groups in total. The lowest BCUT2D eigenvalue weighted by molar-refractivity contribution is 0.0632. The first-order chi connectivity index (χ1) is 13.0. The van der Waals surface area contributed by atoms with Gasteiger partial charge in [-0.1, -0.05) is 31.1 Å². The van der Waals surface area contributed by atoms with Crippen LogP contribution in [0, 0.1) is 12.7 Å². The van der Waals surface area contributed by atoms with Crippen molar-refractivity contribution in [1.29, 1.82) is 0 Å². The highest BCUT2D eigenvalue weighted by atomic mass is 19.1. The SMILES string of the molecule is Cc1noc(C(C)C)c1C(=O)N1CCN(CCCc2ccc(F)cc2)CC1. The average Bonchev–Trinajstić information content (AvgIpc) is 3.05. The number of rotatable bonds is 6. The van der Waals surface area contributed by atoms with Gasteiger partial charge in [0, 0.05) is 32.1 Å². The maximum atomic E-state index is 12.9. The first-order valence-electron chi connectivity index (χ1n) is 9.68. The van der Waals surface area contributed by atoms with Gasteiger partial charge in [-0.25, -0.2) is 4.39 Å². The van der Waals surface area contributed by atoms with E-state index in [4.69, 9.17) is 4.52 Å². The van der Waals surface area contributed by atoms with Gasteiger partial charge in [0.05, 0.1) is 5.69 Å². The summed E-state index contributed by atoms with van der Waals surface area (Å²) in [6.07, 6.45) is 1.97. The fraction of sp³-hybridized carbons (Fsp3) is 0.524. The van der Waals surface area contributed by atoms with Crippen molar-refractivity contribution in [2.24, 2.45) is 0 Å². The molecule has 0 atom stereocenters. The first kappa shape index (κ1) is 19.5. The molecule has 27 heavy (non-hydrogen) atoms. The predicted molar refractivity (Wildman–Crippen MR) is 102 cm³/mol. The van der Waals surface area contributed by atoms with E-state index in [0.717, 1.165) is 51.1 Å². The van der Waals surface area contributed by atoms with Crippen molar-refractivity contribution < 1.29 is 13.7 Å². The summed E-state index contributed by atoms with van der Waals surface area (Å²) in [4.78, 5) is 17.2. The van der Waals surface area contributed by atoms with Crippen LogP contribution in [0.15, 0.2) is 28.8 Å². The number of nitrogens with zero attached hydrogens (tertiary/aromatic N) is 3. The topological polar surface area (TPSA) is 49.6 Å². The van der Waals surface area contributed by atoms with E-state index in [2.05, 4.69) is 10.1 Å². The number of aromatic nitrogens is 1. The Kier molecular flexibility index (Phi) is 6.26. The minimum Gasteiger partial charge on any atom is -0.360 e. The van der Waals surface area contributed by atoms with Crippen molar-refractivity contribution in [3.8, 4) is 0 Å². The van der Waals surface area contributed by atoms with Crippen LogP contribution < -0.4 is 0 Å². The fourth-order valence-electron chi connectivity index (χ4n) is 3.53. The van der Waals surface area contributed by atoms with E-state index in [9.17, 15) is 9.18 Å². The predicted octanol–water partition coefficient (Wildman–Crippen LogP) is 3.64. The molecule has 0 saturated carbocycles. The molecule has 3 rings (SSSR count). The van der Waals surface area contributed by atoms with Gasteiger partial charge in [-0.3, -0.25) is 9.69 Å². The zero-order valence-electron chi connectivity index (χ0n) is 16.4. The molecular weight excluding hydrogens is 345 g/mol. The van der Waals surface area contributed by atoms with Crippen LogP contribution in [0.5, 0.6) is 0 Å². The third-order valence-corrected chi connectivity index (χ3v) is 5.14. The van der Waals surface area contributed by atoms with Gasteiger partial charge in [0.25, 0.3) is 5.91 Å². The smallest absolute Gasteiger partial charge is 0.259 e. The van der Waals surface area contributed by atoms with Gasteiger partial charge in [0.2, 0.25) is 0 Å². The Morgan fingerprint density at radius 3 is 2.48 bits per heavy atom. The Hall–Kier alpha value is -2.21. The first-order valence-corrected chi connectivity index (χ1v) is 9.68. The third kappa shape index (κ3) is 4.75. The van der Waals surface area contributed by atoms with E-state index in [0.29, 0.717) is 17.0 Å². The molecule has 0 bridgehead atoms. The van der Waals surface area contributed by atoms with Crippen molar-refractivity contribution in [2.75, 3.05) is 32.7 Å². The number of aryl methyl sites for hydroxylation is 2. The van der Waals surface area contributed by atoms with E-state index in [1.54, 1.807) is 0 Å². The van der Waals surface area contributed by atoms with Crippen LogP contribution in [0.3, 0.4) is 0 Å². The highest BCUT2D eigenvalue weighted by Gasteiger charge is 2.28. The van der Waals surface area contributed by atoms with Crippen LogP contribution in [0.2, 0.25) is 0 Å². The molecule has 0 aliphatic carbocycles. The zero-order valence-corrected chi connectivity index (χ0v) is 16.4. The number of piperazine rings is 1. The summed E-state index contributed by atoms with van der Waals surface area (Å²) in [5.74, 6) is 0.656. The highest BCUT2D eigenvalue weighted by Crippen LogP contribution is 2.24. The van der Waals surface area contributed by atoms with E-state index >= 15 is 0 Å². The Balaban J connectivity index is 1.48. The Morgan fingerprint density at radius 1 is 1.19 bits per heavy atom. The molecule has 146 valence electrons. The molecule has 2 aromatic rings. The molecule has 1 aromatic carbocycles. The largest absolute Gasteiger partial charge is 0.360 e. The summed E-state index contributed by atoms with van der Waals surface area (Å²) in [7, 11) is 0. The molecule has 1 fully saturated rings. The minimum absolute atomic E-state index is 0.0309. The molecule has 1 saturated heterocycles. The Labute approximate surface area is 160 Å². The van der Waals surface area contributed by atoms with Crippen molar-refractivity contribution in [3.05, 3.63) is 52.7 Å². The second kappa shape index (κ2) is 8.65. The number of halogens is 1. The van der Waals surface area contributed by atoms with Gasteiger partial charge in [0.1, 0.15) is 11.4 Å². The monoisotopic (exact) mass is 373 g/mol. The van der Waals surface area contributed by atoms with Gasteiger partial charge < -0.3 is 9.42 Å². The van der Waals surface area contributed by atoms with Crippen LogP contribution in [0.1, 0.15) is 53.6 Å². The van der Waals surface area contributed by atoms with Gasteiger partial charge in [-0.15, -0.1) is 0 Å². The van der Waals surface area contributed by atoms with E-state index in [-0.39, 0.29) is 17.6 Å². The van der Waals surface area contributed by atoms with Crippen molar-refractivity contribution in [3.63, 3.8) is 0 Å². The second-order valence-electron chi connectivity index (χ2n) is 7.53. The van der Waals surface area contributed by atoms with Gasteiger partial charge in [-0.2, -0.15) is 0 Å². The summed E-state index contributed by atoms with van der Waals surface area (Å²) in [5.41, 5.74) is 2.47. The number of hydrogen-bond acceptors (Lipinski definition) is 4. The molecule has 0 radical (unpaired) electrons. The fourth-order valence-corrected chi connectivity index (χ4v) is 3.53. The van der Waals surface area contributed by atoms with E-state index in [1.165, 1.54) is 12.1 Å². The Bertz CT molecular complexity index is 762. The van der Waals surface area contributed by atoms with Crippen LogP contribution in [-0.4, -0.2) is 53.6 Å². The standard InChI is InChI=1S/C21H28FN3O2/c1-15(2)20-19(16(3)23-27-20)21(26)25-13-11-24(12-14-25)10-4-5-17-6-8-18(22)9-7-17/h6-9,15H,4-5,10-14H2,1-3H3. The molecule has 6 heteroatoms. The number of hydrogen-bond donors (Lipinski definition) is 0. The van der Waals surface area contributed by atoms with Gasteiger partial charge in [0.15, 0.2) is 5.76 Å². The molecule has 1 amide bonds. The molecular formula is C21H28FN3O2. The Morgan fingerprint density at radius 2 is 1.85 bits per heavy atom. The lowest BCUT2D eigenvalue weighted by Crippen LogP contribution is -2.49. The molecule has 1 aliphatic heterocycles. The number of carbonyl (C=O) groups is 1. The molecule has 0 spiro atoms. The second-order valence-corrected chi connectivity index (χ2v) is 7.53. The summed E-state index contributed by atoms with van der Waals surface area (Å²) in [5, 5.41) is 3.99. The maximum absolute atomic E-state index is 12.9. The molecule has 0 unspecified atom stereocenters. The van der Waals surface area contributed by atoms with E-state index in [1.807, 2.05) is 37.8 Å². The zero-order chi connectivity index (χ0) is 19.4. The van der Waals surface area contributed by atoms with Crippen LogP contribution >= 0.6 is 0 Å². The lowest BCUT2D eigenvalue weighted by Gasteiger charge is -2.34. The van der Waals surface area contributed by atoms with Crippen LogP contribution in [0.4, 0.5) is 4.39 Å². The minimum atomic E-state index is -0.191.